The zero-order valence-electron chi connectivity index (χ0n) is 12.8. The fourth-order valence-corrected chi connectivity index (χ4v) is 3.85. The first-order valence-electron chi connectivity index (χ1n) is 7.73. The maximum Gasteiger partial charge on any atom is 0.137 e. The van der Waals surface area contributed by atoms with Gasteiger partial charge in [0, 0.05) is 36.0 Å². The van der Waals surface area contributed by atoms with E-state index in [2.05, 4.69) is 54.4 Å². The summed E-state index contributed by atoms with van der Waals surface area (Å²) in [5, 5.41) is 5.95. The van der Waals surface area contributed by atoms with Crippen LogP contribution in [0.25, 0.3) is 10.8 Å². The second-order valence-electron chi connectivity index (χ2n) is 5.56. The standard InChI is InChI=1S/C17H23N3S/c1-3-18-11-15-10-14-6-4-5-7-16(14)17(19-15)20-8-9-21-12-13(20)2/h4-7,10,13,18H,3,8-9,11-12H2,1-2H3. The SMILES string of the molecule is CCNCc1cc2ccccc2c(N2CCSCC2C)n1. The van der Waals surface area contributed by atoms with Gasteiger partial charge < -0.3 is 10.2 Å². The molecule has 0 bridgehead atoms. The number of pyridine rings is 1. The van der Waals surface area contributed by atoms with Crippen molar-refractivity contribution < 1.29 is 0 Å². The molecule has 1 aromatic heterocycles. The van der Waals surface area contributed by atoms with Crippen molar-refractivity contribution >= 4 is 28.4 Å². The molecule has 1 N–H and O–H groups in total. The van der Waals surface area contributed by atoms with Gasteiger partial charge in [0.25, 0.3) is 0 Å². The van der Waals surface area contributed by atoms with E-state index in [4.69, 9.17) is 4.98 Å². The van der Waals surface area contributed by atoms with Gasteiger partial charge in [-0.2, -0.15) is 11.8 Å². The minimum atomic E-state index is 0.550. The van der Waals surface area contributed by atoms with Crippen LogP contribution in [0.15, 0.2) is 30.3 Å². The quantitative estimate of drug-likeness (QED) is 0.938. The average molecular weight is 301 g/mol. The van der Waals surface area contributed by atoms with Crippen LogP contribution in [-0.4, -0.2) is 35.6 Å². The van der Waals surface area contributed by atoms with Gasteiger partial charge in [0.1, 0.15) is 5.82 Å². The summed E-state index contributed by atoms with van der Waals surface area (Å²) in [5.74, 6) is 3.54. The van der Waals surface area contributed by atoms with Gasteiger partial charge in [0.15, 0.2) is 0 Å². The Balaban J connectivity index is 2.05. The number of fused-ring (bicyclic) bond motifs is 1. The number of benzene rings is 1. The van der Waals surface area contributed by atoms with Crippen molar-refractivity contribution in [3.05, 3.63) is 36.0 Å². The number of thioether (sulfide) groups is 1. The maximum absolute atomic E-state index is 4.97. The van der Waals surface area contributed by atoms with Gasteiger partial charge in [-0.3, -0.25) is 0 Å². The summed E-state index contributed by atoms with van der Waals surface area (Å²) in [6.45, 7) is 7.34. The normalized spacial score (nSPS) is 19.1. The maximum atomic E-state index is 4.97. The van der Waals surface area contributed by atoms with Crippen molar-refractivity contribution in [3.8, 4) is 0 Å². The molecule has 2 heterocycles. The monoisotopic (exact) mass is 301 g/mol. The van der Waals surface area contributed by atoms with Crippen molar-refractivity contribution in [1.82, 2.24) is 10.3 Å². The highest BCUT2D eigenvalue weighted by Crippen LogP contribution is 2.30. The number of hydrogen-bond acceptors (Lipinski definition) is 4. The van der Waals surface area contributed by atoms with Gasteiger partial charge in [0.05, 0.1) is 5.69 Å². The minimum Gasteiger partial charge on any atom is -0.352 e. The predicted octanol–water partition coefficient (Wildman–Crippen LogP) is 3.29. The van der Waals surface area contributed by atoms with Crippen molar-refractivity contribution in [2.24, 2.45) is 0 Å². The molecule has 1 aliphatic heterocycles. The molecular formula is C17H23N3S. The molecular weight excluding hydrogens is 278 g/mol. The fraction of sp³-hybridized carbons (Fsp3) is 0.471. The molecule has 0 saturated carbocycles. The molecule has 1 aromatic carbocycles. The summed E-state index contributed by atoms with van der Waals surface area (Å²) < 4.78 is 0. The predicted molar refractivity (Wildman–Crippen MR) is 93.3 cm³/mol. The first-order chi connectivity index (χ1) is 10.3. The molecule has 1 saturated heterocycles. The summed E-state index contributed by atoms with van der Waals surface area (Å²) in [5.41, 5.74) is 1.14. The smallest absolute Gasteiger partial charge is 0.137 e. The number of aromatic nitrogens is 1. The molecule has 4 heteroatoms. The first kappa shape index (κ1) is 14.7. The Morgan fingerprint density at radius 3 is 3.05 bits per heavy atom. The van der Waals surface area contributed by atoms with Crippen LogP contribution in [0.2, 0.25) is 0 Å². The van der Waals surface area contributed by atoms with Crippen molar-refractivity contribution in [2.75, 3.05) is 29.5 Å². The Labute approximate surface area is 131 Å². The molecule has 3 nitrogen and oxygen atoms in total. The van der Waals surface area contributed by atoms with E-state index in [9.17, 15) is 0 Å². The molecule has 21 heavy (non-hydrogen) atoms. The zero-order chi connectivity index (χ0) is 14.7. The lowest BCUT2D eigenvalue weighted by Crippen LogP contribution is -2.41. The van der Waals surface area contributed by atoms with Gasteiger partial charge in [-0.15, -0.1) is 0 Å². The van der Waals surface area contributed by atoms with E-state index in [-0.39, 0.29) is 0 Å². The highest BCUT2D eigenvalue weighted by atomic mass is 32.2. The molecule has 1 atom stereocenters. The third-order valence-corrected chi connectivity index (χ3v) is 5.16. The Hall–Kier alpha value is -1.26. The molecule has 0 amide bonds. The number of hydrogen-bond donors (Lipinski definition) is 1. The van der Waals surface area contributed by atoms with Crippen molar-refractivity contribution in [3.63, 3.8) is 0 Å². The van der Waals surface area contributed by atoms with Crippen LogP contribution in [0.1, 0.15) is 19.5 Å². The molecule has 0 radical (unpaired) electrons. The van der Waals surface area contributed by atoms with Gasteiger partial charge >= 0.3 is 0 Å². The van der Waals surface area contributed by atoms with Crippen LogP contribution in [0.5, 0.6) is 0 Å². The molecule has 1 unspecified atom stereocenters. The lowest BCUT2D eigenvalue weighted by atomic mass is 10.1. The van der Waals surface area contributed by atoms with E-state index < -0.39 is 0 Å². The Morgan fingerprint density at radius 2 is 2.24 bits per heavy atom. The van der Waals surface area contributed by atoms with Gasteiger partial charge in [-0.1, -0.05) is 31.2 Å². The average Bonchev–Trinajstić information content (AvgIpc) is 2.52. The number of rotatable bonds is 4. The van der Waals surface area contributed by atoms with Gasteiger partial charge in [-0.05, 0) is 24.9 Å². The summed E-state index contributed by atoms with van der Waals surface area (Å²) in [6.07, 6.45) is 0. The molecule has 3 rings (SSSR count). The third-order valence-electron chi connectivity index (χ3n) is 3.97. The summed E-state index contributed by atoms with van der Waals surface area (Å²) in [6, 6.07) is 11.4. The van der Waals surface area contributed by atoms with E-state index in [0.717, 1.165) is 31.1 Å². The Kier molecular flexibility index (Phi) is 4.66. The minimum absolute atomic E-state index is 0.550. The molecule has 2 aromatic rings. The zero-order valence-corrected chi connectivity index (χ0v) is 13.6. The third kappa shape index (κ3) is 3.16. The summed E-state index contributed by atoms with van der Waals surface area (Å²) in [7, 11) is 0. The van der Waals surface area contributed by atoms with E-state index in [1.807, 2.05) is 11.8 Å². The molecule has 112 valence electrons. The molecule has 1 aliphatic rings. The first-order valence-corrected chi connectivity index (χ1v) is 8.89. The summed E-state index contributed by atoms with van der Waals surface area (Å²) >= 11 is 2.04. The second kappa shape index (κ2) is 6.67. The van der Waals surface area contributed by atoms with Gasteiger partial charge in [0.2, 0.25) is 0 Å². The number of nitrogens with one attached hydrogen (secondary N) is 1. The Morgan fingerprint density at radius 1 is 1.38 bits per heavy atom. The highest BCUT2D eigenvalue weighted by molar-refractivity contribution is 7.99. The lowest BCUT2D eigenvalue weighted by molar-refractivity contribution is 0.679. The summed E-state index contributed by atoms with van der Waals surface area (Å²) in [4.78, 5) is 7.45. The molecule has 0 aliphatic carbocycles. The Bertz CT molecular complexity index is 614. The van der Waals surface area contributed by atoms with Crippen LogP contribution in [-0.2, 0) is 6.54 Å². The molecule has 0 spiro atoms. The van der Waals surface area contributed by atoms with Crippen LogP contribution >= 0.6 is 11.8 Å². The van der Waals surface area contributed by atoms with Crippen LogP contribution in [0.4, 0.5) is 5.82 Å². The van der Waals surface area contributed by atoms with E-state index in [1.54, 1.807) is 0 Å². The van der Waals surface area contributed by atoms with E-state index in [1.165, 1.54) is 22.3 Å². The number of anilines is 1. The van der Waals surface area contributed by atoms with Crippen molar-refractivity contribution in [1.29, 1.82) is 0 Å². The highest BCUT2D eigenvalue weighted by Gasteiger charge is 2.22. The number of nitrogens with zero attached hydrogens (tertiary/aromatic N) is 2. The largest absolute Gasteiger partial charge is 0.352 e. The van der Waals surface area contributed by atoms with Gasteiger partial charge in [-0.25, -0.2) is 4.98 Å². The topological polar surface area (TPSA) is 28.2 Å². The van der Waals surface area contributed by atoms with Crippen LogP contribution in [0.3, 0.4) is 0 Å². The second-order valence-corrected chi connectivity index (χ2v) is 6.71. The van der Waals surface area contributed by atoms with Crippen LogP contribution < -0.4 is 10.2 Å². The lowest BCUT2D eigenvalue weighted by Gasteiger charge is -2.35. The fourth-order valence-electron chi connectivity index (χ4n) is 2.84. The van der Waals surface area contributed by atoms with Crippen molar-refractivity contribution in [2.45, 2.75) is 26.4 Å². The van der Waals surface area contributed by atoms with E-state index in [0.29, 0.717) is 6.04 Å². The molecule has 1 fully saturated rings. The van der Waals surface area contributed by atoms with E-state index >= 15 is 0 Å². The van der Waals surface area contributed by atoms with Crippen LogP contribution in [0, 0.1) is 0 Å².